The number of ether oxygens (including phenoxy) is 2. The SMILES string of the molecule is COc1ccc(CNc2nc3ccc(I)cc3c(=O)n2-c2cccc(OC)c2)cc1. The summed E-state index contributed by atoms with van der Waals surface area (Å²) in [6, 6.07) is 20.8. The zero-order valence-electron chi connectivity index (χ0n) is 16.6. The molecule has 1 N–H and O–H groups in total. The number of nitrogens with zero attached hydrogens (tertiary/aromatic N) is 2. The molecule has 0 aliphatic heterocycles. The van der Waals surface area contributed by atoms with Crippen LogP contribution in [0.5, 0.6) is 11.5 Å². The maximum atomic E-state index is 13.4. The van der Waals surface area contributed by atoms with Crippen molar-refractivity contribution in [3.63, 3.8) is 0 Å². The summed E-state index contributed by atoms with van der Waals surface area (Å²) >= 11 is 2.20. The first-order chi connectivity index (χ1) is 14.6. The van der Waals surface area contributed by atoms with Gasteiger partial charge in [-0.15, -0.1) is 0 Å². The maximum Gasteiger partial charge on any atom is 0.267 e. The second-order valence-corrected chi connectivity index (χ2v) is 7.89. The van der Waals surface area contributed by atoms with E-state index in [1.807, 2.05) is 66.7 Å². The lowest BCUT2D eigenvalue weighted by Gasteiger charge is -2.16. The topological polar surface area (TPSA) is 65.4 Å². The third-order valence-corrected chi connectivity index (χ3v) is 5.42. The molecule has 152 valence electrons. The van der Waals surface area contributed by atoms with Crippen LogP contribution in [0.2, 0.25) is 0 Å². The van der Waals surface area contributed by atoms with Crippen LogP contribution >= 0.6 is 22.6 Å². The summed E-state index contributed by atoms with van der Waals surface area (Å²) in [5, 5.41) is 3.89. The Labute approximate surface area is 187 Å². The van der Waals surface area contributed by atoms with E-state index in [9.17, 15) is 4.79 Å². The van der Waals surface area contributed by atoms with Crippen molar-refractivity contribution in [2.45, 2.75) is 6.54 Å². The van der Waals surface area contributed by atoms with Gasteiger partial charge in [0.05, 0.1) is 30.8 Å². The minimum Gasteiger partial charge on any atom is -0.497 e. The molecule has 4 aromatic rings. The fourth-order valence-electron chi connectivity index (χ4n) is 3.19. The highest BCUT2D eigenvalue weighted by molar-refractivity contribution is 14.1. The summed E-state index contributed by atoms with van der Waals surface area (Å²) in [5.74, 6) is 1.94. The van der Waals surface area contributed by atoms with Crippen molar-refractivity contribution in [1.82, 2.24) is 9.55 Å². The van der Waals surface area contributed by atoms with Gasteiger partial charge in [-0.2, -0.15) is 0 Å². The van der Waals surface area contributed by atoms with E-state index in [0.717, 1.165) is 14.9 Å². The average Bonchev–Trinajstić information content (AvgIpc) is 2.78. The van der Waals surface area contributed by atoms with Crippen molar-refractivity contribution >= 4 is 39.4 Å². The van der Waals surface area contributed by atoms with Crippen LogP contribution < -0.4 is 20.3 Å². The van der Waals surface area contributed by atoms with E-state index in [0.29, 0.717) is 34.8 Å². The molecular formula is C23H20IN3O3. The van der Waals surface area contributed by atoms with Crippen LogP contribution in [0.3, 0.4) is 0 Å². The van der Waals surface area contributed by atoms with Crippen LogP contribution in [0.15, 0.2) is 71.5 Å². The summed E-state index contributed by atoms with van der Waals surface area (Å²) in [6.45, 7) is 0.510. The summed E-state index contributed by atoms with van der Waals surface area (Å²) in [5.41, 5.74) is 2.25. The number of methoxy groups -OCH3 is 2. The second-order valence-electron chi connectivity index (χ2n) is 6.64. The van der Waals surface area contributed by atoms with Crippen LogP contribution in [0, 0.1) is 3.57 Å². The molecule has 0 spiro atoms. The molecule has 30 heavy (non-hydrogen) atoms. The quantitative estimate of drug-likeness (QED) is 0.382. The first-order valence-corrected chi connectivity index (χ1v) is 10.4. The van der Waals surface area contributed by atoms with E-state index in [4.69, 9.17) is 14.5 Å². The standard InChI is InChI=1S/C23H20IN3O3/c1-29-18-9-6-15(7-10-18)14-25-23-26-21-11-8-16(24)12-20(21)22(28)27(23)17-4-3-5-19(13-17)30-2/h3-13H,14H2,1-2H3,(H,25,26). The smallest absolute Gasteiger partial charge is 0.267 e. The highest BCUT2D eigenvalue weighted by atomic mass is 127. The van der Waals surface area contributed by atoms with Gasteiger partial charge in [-0.1, -0.05) is 18.2 Å². The molecule has 0 aliphatic rings. The number of fused-ring (bicyclic) bond motifs is 1. The van der Waals surface area contributed by atoms with Gasteiger partial charge in [0, 0.05) is 16.2 Å². The molecule has 0 unspecified atom stereocenters. The van der Waals surface area contributed by atoms with Crippen molar-refractivity contribution in [1.29, 1.82) is 0 Å². The van der Waals surface area contributed by atoms with Gasteiger partial charge in [-0.25, -0.2) is 9.55 Å². The normalized spacial score (nSPS) is 10.8. The third-order valence-electron chi connectivity index (χ3n) is 4.75. The number of halogens is 1. The molecule has 3 aromatic carbocycles. The van der Waals surface area contributed by atoms with Crippen LogP contribution in [0.1, 0.15) is 5.56 Å². The van der Waals surface area contributed by atoms with Gasteiger partial charge < -0.3 is 14.8 Å². The molecule has 0 saturated heterocycles. The highest BCUT2D eigenvalue weighted by Gasteiger charge is 2.14. The predicted octanol–water partition coefficient (Wildman–Crippen LogP) is 4.62. The number of hydrogen-bond donors (Lipinski definition) is 1. The van der Waals surface area contributed by atoms with Crippen molar-refractivity contribution < 1.29 is 9.47 Å². The Hall–Kier alpha value is -3.07. The number of benzene rings is 3. The Bertz CT molecular complexity index is 1250. The predicted molar refractivity (Wildman–Crippen MR) is 127 cm³/mol. The van der Waals surface area contributed by atoms with Gasteiger partial charge in [0.2, 0.25) is 5.95 Å². The maximum absolute atomic E-state index is 13.4. The monoisotopic (exact) mass is 513 g/mol. The van der Waals surface area contributed by atoms with Crippen LogP contribution in [0.25, 0.3) is 16.6 Å². The van der Waals surface area contributed by atoms with Gasteiger partial charge >= 0.3 is 0 Å². The van der Waals surface area contributed by atoms with Crippen LogP contribution in [-0.2, 0) is 6.54 Å². The molecule has 1 aromatic heterocycles. The second kappa shape index (κ2) is 8.74. The molecule has 1 heterocycles. The summed E-state index contributed by atoms with van der Waals surface area (Å²) < 4.78 is 13.1. The van der Waals surface area contributed by atoms with E-state index < -0.39 is 0 Å². The van der Waals surface area contributed by atoms with Gasteiger partial charge in [0.25, 0.3) is 5.56 Å². The molecule has 0 fully saturated rings. The number of anilines is 1. The molecule has 0 atom stereocenters. The third kappa shape index (κ3) is 4.11. The molecule has 0 bridgehead atoms. The van der Waals surface area contributed by atoms with Crippen molar-refractivity contribution in [3.8, 4) is 17.2 Å². The summed E-state index contributed by atoms with van der Waals surface area (Å²) in [7, 11) is 3.24. The Morgan fingerprint density at radius 2 is 1.73 bits per heavy atom. The van der Waals surface area contributed by atoms with E-state index in [1.54, 1.807) is 18.8 Å². The van der Waals surface area contributed by atoms with Crippen molar-refractivity contribution in [2.24, 2.45) is 0 Å². The molecule has 0 amide bonds. The van der Waals surface area contributed by atoms with Crippen molar-refractivity contribution in [2.75, 3.05) is 19.5 Å². The first-order valence-electron chi connectivity index (χ1n) is 9.32. The Morgan fingerprint density at radius 1 is 0.967 bits per heavy atom. The molecule has 0 saturated carbocycles. The zero-order chi connectivity index (χ0) is 21.1. The Balaban J connectivity index is 1.81. The summed E-state index contributed by atoms with van der Waals surface area (Å²) in [6.07, 6.45) is 0. The Kier molecular flexibility index (Phi) is 5.89. The first kappa shape index (κ1) is 20.2. The van der Waals surface area contributed by atoms with Gasteiger partial charge in [-0.3, -0.25) is 4.79 Å². The average molecular weight is 513 g/mol. The van der Waals surface area contributed by atoms with Gasteiger partial charge in [0.15, 0.2) is 0 Å². The van der Waals surface area contributed by atoms with E-state index in [1.165, 1.54) is 0 Å². The molecule has 7 heteroatoms. The Morgan fingerprint density at radius 3 is 2.47 bits per heavy atom. The lowest BCUT2D eigenvalue weighted by molar-refractivity contribution is 0.414. The number of hydrogen-bond acceptors (Lipinski definition) is 5. The van der Waals surface area contributed by atoms with Crippen LogP contribution in [-0.4, -0.2) is 23.8 Å². The number of rotatable bonds is 6. The fourth-order valence-corrected chi connectivity index (χ4v) is 3.68. The fraction of sp³-hybridized carbons (Fsp3) is 0.130. The van der Waals surface area contributed by atoms with Gasteiger partial charge in [-0.05, 0) is 70.6 Å². The largest absolute Gasteiger partial charge is 0.497 e. The number of aromatic nitrogens is 2. The minimum absolute atomic E-state index is 0.135. The van der Waals surface area contributed by atoms with Crippen LogP contribution in [0.4, 0.5) is 5.95 Å². The molecule has 6 nitrogen and oxygen atoms in total. The summed E-state index contributed by atoms with van der Waals surface area (Å²) in [4.78, 5) is 18.2. The van der Waals surface area contributed by atoms with Crippen molar-refractivity contribution in [3.05, 3.63) is 86.2 Å². The van der Waals surface area contributed by atoms with E-state index >= 15 is 0 Å². The lowest BCUT2D eigenvalue weighted by atomic mass is 10.2. The molecule has 0 radical (unpaired) electrons. The minimum atomic E-state index is -0.135. The molecule has 0 aliphatic carbocycles. The lowest BCUT2D eigenvalue weighted by Crippen LogP contribution is -2.24. The highest BCUT2D eigenvalue weighted by Crippen LogP contribution is 2.22. The molecular weight excluding hydrogens is 493 g/mol. The van der Waals surface area contributed by atoms with Gasteiger partial charge in [0.1, 0.15) is 11.5 Å². The molecule has 4 rings (SSSR count). The zero-order valence-corrected chi connectivity index (χ0v) is 18.7. The van der Waals surface area contributed by atoms with E-state index in [2.05, 4.69) is 27.9 Å². The van der Waals surface area contributed by atoms with E-state index in [-0.39, 0.29) is 5.56 Å². The number of nitrogens with one attached hydrogen (secondary N) is 1.